The van der Waals surface area contributed by atoms with Gasteiger partial charge in [-0.1, -0.05) is 13.3 Å². The zero-order chi connectivity index (χ0) is 15.3. The number of carbonyl (C=O) groups is 3. The quantitative estimate of drug-likeness (QED) is 0.684. The van der Waals surface area contributed by atoms with Gasteiger partial charge in [0.05, 0.1) is 5.92 Å². The summed E-state index contributed by atoms with van der Waals surface area (Å²) in [6.07, 6.45) is 2.34. The van der Waals surface area contributed by atoms with Gasteiger partial charge in [-0.05, 0) is 26.2 Å². The van der Waals surface area contributed by atoms with Crippen molar-refractivity contribution in [2.45, 2.75) is 45.1 Å². The minimum absolute atomic E-state index is 0.253. The number of nitrogens with zero attached hydrogens (tertiary/aromatic N) is 1. The molecule has 1 saturated heterocycles. The van der Waals surface area contributed by atoms with Gasteiger partial charge in [-0.3, -0.25) is 4.79 Å². The Morgan fingerprint density at radius 2 is 2.10 bits per heavy atom. The second-order valence-electron chi connectivity index (χ2n) is 5.50. The highest BCUT2D eigenvalue weighted by Crippen LogP contribution is 2.19. The van der Waals surface area contributed by atoms with Crippen LogP contribution in [-0.2, 0) is 9.59 Å². The van der Waals surface area contributed by atoms with E-state index in [9.17, 15) is 19.5 Å². The van der Waals surface area contributed by atoms with Crippen LogP contribution in [-0.4, -0.2) is 46.5 Å². The summed E-state index contributed by atoms with van der Waals surface area (Å²) in [5.74, 6) is -1.77. The second-order valence-corrected chi connectivity index (χ2v) is 5.50. The number of hydrogen-bond acceptors (Lipinski definition) is 3. The summed E-state index contributed by atoms with van der Waals surface area (Å²) in [5.41, 5.74) is 3.95. The van der Waals surface area contributed by atoms with E-state index >= 15 is 0 Å². The van der Waals surface area contributed by atoms with Crippen LogP contribution in [0.15, 0.2) is 0 Å². The number of nitrogens with one attached hydrogen (secondary N) is 1. The van der Waals surface area contributed by atoms with Gasteiger partial charge in [-0.2, -0.15) is 0 Å². The SMILES string of the molecule is CCCC(C)(NC(=O)C1CCCN(C(N)=O)C1)C(=O)O. The van der Waals surface area contributed by atoms with Gasteiger partial charge in [0.1, 0.15) is 5.54 Å². The minimum Gasteiger partial charge on any atom is -0.480 e. The molecule has 1 rings (SSSR count). The molecule has 114 valence electrons. The lowest BCUT2D eigenvalue weighted by molar-refractivity contribution is -0.148. The van der Waals surface area contributed by atoms with Crippen LogP contribution in [0.5, 0.6) is 0 Å². The van der Waals surface area contributed by atoms with Crippen LogP contribution >= 0.6 is 0 Å². The first kappa shape index (κ1) is 16.3. The van der Waals surface area contributed by atoms with Crippen molar-refractivity contribution in [1.82, 2.24) is 10.2 Å². The van der Waals surface area contributed by atoms with E-state index in [1.165, 1.54) is 11.8 Å². The molecular weight excluding hydrogens is 262 g/mol. The Kier molecular flexibility index (Phi) is 5.35. The van der Waals surface area contributed by atoms with Crippen LogP contribution in [0, 0.1) is 5.92 Å². The number of carboxylic acid groups (broad SMARTS) is 1. The lowest BCUT2D eigenvalue weighted by atomic mass is 9.92. The van der Waals surface area contributed by atoms with E-state index in [4.69, 9.17) is 5.73 Å². The maximum atomic E-state index is 12.2. The molecule has 1 aliphatic heterocycles. The average molecular weight is 285 g/mol. The molecule has 7 nitrogen and oxygen atoms in total. The molecule has 20 heavy (non-hydrogen) atoms. The number of amides is 3. The fraction of sp³-hybridized carbons (Fsp3) is 0.769. The molecule has 0 bridgehead atoms. The number of rotatable bonds is 5. The Balaban J connectivity index is 2.69. The topological polar surface area (TPSA) is 113 Å². The van der Waals surface area contributed by atoms with Crippen LogP contribution in [0.4, 0.5) is 4.79 Å². The van der Waals surface area contributed by atoms with Crippen LogP contribution in [0.2, 0.25) is 0 Å². The normalized spacial score (nSPS) is 21.9. The zero-order valence-corrected chi connectivity index (χ0v) is 12.0. The Hall–Kier alpha value is -1.79. The molecule has 1 heterocycles. The van der Waals surface area contributed by atoms with Crippen molar-refractivity contribution in [3.05, 3.63) is 0 Å². The van der Waals surface area contributed by atoms with Crippen LogP contribution < -0.4 is 11.1 Å². The summed E-state index contributed by atoms with van der Waals surface area (Å²) in [4.78, 5) is 36.1. The van der Waals surface area contributed by atoms with E-state index in [-0.39, 0.29) is 12.5 Å². The number of urea groups is 1. The Labute approximate surface area is 118 Å². The first-order valence-electron chi connectivity index (χ1n) is 6.90. The highest BCUT2D eigenvalue weighted by Gasteiger charge is 2.37. The van der Waals surface area contributed by atoms with Gasteiger partial charge in [0.15, 0.2) is 0 Å². The molecule has 0 aromatic rings. The highest BCUT2D eigenvalue weighted by molar-refractivity contribution is 5.88. The summed E-state index contributed by atoms with van der Waals surface area (Å²) >= 11 is 0. The molecule has 3 amide bonds. The summed E-state index contributed by atoms with van der Waals surface area (Å²) in [6, 6.07) is -0.544. The van der Waals surface area contributed by atoms with Crippen LogP contribution in [0.1, 0.15) is 39.5 Å². The van der Waals surface area contributed by atoms with Crippen molar-refractivity contribution in [2.24, 2.45) is 11.7 Å². The third-order valence-electron chi connectivity index (χ3n) is 3.72. The van der Waals surface area contributed by atoms with E-state index < -0.39 is 23.5 Å². The number of carboxylic acids is 1. The number of primary amides is 1. The van der Waals surface area contributed by atoms with E-state index in [0.717, 1.165) is 0 Å². The smallest absolute Gasteiger partial charge is 0.329 e. The largest absolute Gasteiger partial charge is 0.480 e. The molecule has 1 aliphatic rings. The summed E-state index contributed by atoms with van der Waals surface area (Å²) in [7, 11) is 0. The van der Waals surface area contributed by atoms with Gasteiger partial charge in [0.2, 0.25) is 5.91 Å². The number of hydrogen-bond donors (Lipinski definition) is 3. The monoisotopic (exact) mass is 285 g/mol. The molecule has 1 fully saturated rings. The van der Waals surface area contributed by atoms with Gasteiger partial charge < -0.3 is 21.1 Å². The molecule has 2 unspecified atom stereocenters. The Morgan fingerprint density at radius 1 is 1.45 bits per heavy atom. The maximum absolute atomic E-state index is 12.2. The molecule has 4 N–H and O–H groups in total. The molecular formula is C13H23N3O4. The first-order valence-corrected chi connectivity index (χ1v) is 6.90. The lowest BCUT2D eigenvalue weighted by Crippen LogP contribution is -2.56. The highest BCUT2D eigenvalue weighted by atomic mass is 16.4. The number of carbonyl (C=O) groups excluding carboxylic acids is 2. The van der Waals surface area contributed by atoms with Crippen molar-refractivity contribution in [2.75, 3.05) is 13.1 Å². The zero-order valence-electron chi connectivity index (χ0n) is 12.0. The minimum atomic E-state index is -1.26. The van der Waals surface area contributed by atoms with Gasteiger partial charge >= 0.3 is 12.0 Å². The standard InChI is InChI=1S/C13H23N3O4/c1-3-6-13(2,11(18)19)15-10(17)9-5-4-7-16(8-9)12(14)20/h9H,3-8H2,1-2H3,(H2,14,20)(H,15,17)(H,18,19). The van der Waals surface area contributed by atoms with Gasteiger partial charge in [0, 0.05) is 13.1 Å². The molecule has 0 spiro atoms. The first-order chi connectivity index (χ1) is 9.30. The number of likely N-dealkylation sites (tertiary alicyclic amines) is 1. The van der Waals surface area contributed by atoms with E-state index in [2.05, 4.69) is 5.32 Å². The van der Waals surface area contributed by atoms with Crippen molar-refractivity contribution in [3.8, 4) is 0 Å². The third kappa shape index (κ3) is 3.85. The predicted molar refractivity (Wildman–Crippen MR) is 73.0 cm³/mol. The van der Waals surface area contributed by atoms with E-state index in [1.807, 2.05) is 6.92 Å². The number of nitrogens with two attached hydrogens (primary N) is 1. The maximum Gasteiger partial charge on any atom is 0.329 e. The summed E-state index contributed by atoms with van der Waals surface area (Å²) < 4.78 is 0. The molecule has 7 heteroatoms. The fourth-order valence-electron chi connectivity index (χ4n) is 2.49. The molecule has 0 radical (unpaired) electrons. The molecule has 0 saturated carbocycles. The average Bonchev–Trinajstić information content (AvgIpc) is 2.38. The van der Waals surface area contributed by atoms with Gasteiger partial charge in [0.25, 0.3) is 0 Å². The number of aliphatic carboxylic acids is 1. The summed E-state index contributed by atoms with van der Waals surface area (Å²) in [5, 5.41) is 11.9. The summed E-state index contributed by atoms with van der Waals surface area (Å²) in [6.45, 7) is 4.17. The van der Waals surface area contributed by atoms with E-state index in [1.54, 1.807) is 0 Å². The van der Waals surface area contributed by atoms with Crippen molar-refractivity contribution in [1.29, 1.82) is 0 Å². The molecule has 0 aromatic heterocycles. The van der Waals surface area contributed by atoms with Crippen LogP contribution in [0.25, 0.3) is 0 Å². The van der Waals surface area contributed by atoms with Crippen molar-refractivity contribution >= 4 is 17.9 Å². The number of piperidine rings is 1. The molecule has 2 atom stereocenters. The van der Waals surface area contributed by atoms with Gasteiger partial charge in [-0.25, -0.2) is 9.59 Å². The fourth-order valence-corrected chi connectivity index (χ4v) is 2.49. The molecule has 0 aromatic carbocycles. The van der Waals surface area contributed by atoms with Crippen molar-refractivity contribution in [3.63, 3.8) is 0 Å². The van der Waals surface area contributed by atoms with Crippen LogP contribution in [0.3, 0.4) is 0 Å². The van der Waals surface area contributed by atoms with Gasteiger partial charge in [-0.15, -0.1) is 0 Å². The van der Waals surface area contributed by atoms with E-state index in [0.29, 0.717) is 32.2 Å². The third-order valence-corrected chi connectivity index (χ3v) is 3.72. The lowest BCUT2D eigenvalue weighted by Gasteiger charge is -2.33. The second kappa shape index (κ2) is 6.58. The van der Waals surface area contributed by atoms with Crippen molar-refractivity contribution < 1.29 is 19.5 Å². The Bertz CT molecular complexity index is 399. The molecule has 0 aliphatic carbocycles. The Morgan fingerprint density at radius 3 is 2.60 bits per heavy atom. The predicted octanol–water partition coefficient (Wildman–Crippen LogP) is 0.537.